The van der Waals surface area contributed by atoms with E-state index in [1.54, 1.807) is 19.5 Å². The highest BCUT2D eigenvalue weighted by Gasteiger charge is 2.05. The highest BCUT2D eigenvalue weighted by Crippen LogP contribution is 2.17. The summed E-state index contributed by atoms with van der Waals surface area (Å²) >= 11 is 0. The minimum atomic E-state index is 0.700. The number of aromatic nitrogens is 3. The highest BCUT2D eigenvalue weighted by molar-refractivity contribution is 5.56. The second kappa shape index (κ2) is 8.24. The van der Waals surface area contributed by atoms with Crippen molar-refractivity contribution in [1.82, 2.24) is 15.0 Å². The third kappa shape index (κ3) is 4.76. The van der Waals surface area contributed by atoms with Gasteiger partial charge >= 0.3 is 0 Å². The van der Waals surface area contributed by atoms with Gasteiger partial charge in [0.05, 0.1) is 7.11 Å². The van der Waals surface area contributed by atoms with Gasteiger partial charge in [-0.2, -0.15) is 0 Å². The molecule has 0 saturated carbocycles. The van der Waals surface area contributed by atoms with Crippen LogP contribution in [0, 0.1) is 6.92 Å². The predicted octanol–water partition coefficient (Wildman–Crippen LogP) is 3.90. The number of ether oxygens (including phenoxy) is 1. The van der Waals surface area contributed by atoms with Crippen molar-refractivity contribution < 1.29 is 4.74 Å². The molecule has 1 aromatic carbocycles. The molecular weight excluding hydrogens is 312 g/mol. The molecule has 0 atom stereocenters. The van der Waals surface area contributed by atoms with Crippen LogP contribution in [0.15, 0.2) is 54.9 Å². The van der Waals surface area contributed by atoms with Gasteiger partial charge < -0.3 is 10.1 Å². The van der Waals surface area contributed by atoms with E-state index in [4.69, 9.17) is 4.74 Å². The standard InChI is InChI=1S/C20H22N4O/c1-15-13-19(24-20(23-15)17-6-4-11-21-14-17)22-12-3-5-16-7-9-18(25-2)10-8-16/h4,6-11,13-14H,3,5,12H2,1-2H3,(H,22,23,24). The lowest BCUT2D eigenvalue weighted by Gasteiger charge is -2.09. The van der Waals surface area contributed by atoms with Gasteiger partial charge in [-0.1, -0.05) is 12.1 Å². The van der Waals surface area contributed by atoms with Crippen molar-refractivity contribution in [3.63, 3.8) is 0 Å². The highest BCUT2D eigenvalue weighted by atomic mass is 16.5. The number of methoxy groups -OCH3 is 1. The van der Waals surface area contributed by atoms with E-state index in [-0.39, 0.29) is 0 Å². The number of benzene rings is 1. The zero-order valence-electron chi connectivity index (χ0n) is 14.6. The third-order valence-corrected chi connectivity index (χ3v) is 3.88. The van der Waals surface area contributed by atoms with Gasteiger partial charge in [-0.3, -0.25) is 4.98 Å². The number of pyridine rings is 1. The first-order valence-corrected chi connectivity index (χ1v) is 8.37. The minimum absolute atomic E-state index is 0.700. The van der Waals surface area contributed by atoms with Gasteiger partial charge in [-0.15, -0.1) is 0 Å². The van der Waals surface area contributed by atoms with E-state index in [1.807, 2.05) is 37.3 Å². The van der Waals surface area contributed by atoms with Gasteiger partial charge in [0.15, 0.2) is 5.82 Å². The lowest BCUT2D eigenvalue weighted by molar-refractivity contribution is 0.414. The van der Waals surface area contributed by atoms with E-state index in [0.717, 1.165) is 42.2 Å². The van der Waals surface area contributed by atoms with E-state index in [1.165, 1.54) is 5.56 Å². The molecule has 0 spiro atoms. The molecule has 0 aliphatic carbocycles. The molecule has 1 N–H and O–H groups in total. The Hall–Kier alpha value is -2.95. The summed E-state index contributed by atoms with van der Waals surface area (Å²) in [6.45, 7) is 2.83. The number of aryl methyl sites for hydroxylation is 2. The average molecular weight is 334 g/mol. The van der Waals surface area contributed by atoms with Gasteiger partial charge in [0.1, 0.15) is 11.6 Å². The zero-order valence-corrected chi connectivity index (χ0v) is 14.6. The smallest absolute Gasteiger partial charge is 0.163 e. The van der Waals surface area contributed by atoms with Crippen LogP contribution in [-0.2, 0) is 6.42 Å². The Balaban J connectivity index is 1.57. The summed E-state index contributed by atoms with van der Waals surface area (Å²) in [5, 5.41) is 3.39. The SMILES string of the molecule is COc1ccc(CCCNc2cc(C)nc(-c3cccnc3)n2)cc1. The van der Waals surface area contributed by atoms with Crippen molar-refractivity contribution in [2.45, 2.75) is 19.8 Å². The summed E-state index contributed by atoms with van der Waals surface area (Å²) in [7, 11) is 1.68. The van der Waals surface area contributed by atoms with Crippen molar-refractivity contribution >= 4 is 5.82 Å². The molecule has 0 unspecified atom stereocenters. The van der Waals surface area contributed by atoms with Crippen LogP contribution in [0.4, 0.5) is 5.82 Å². The Labute approximate surface area is 148 Å². The second-order valence-corrected chi connectivity index (χ2v) is 5.84. The molecule has 0 fully saturated rings. The molecule has 0 saturated heterocycles. The molecule has 25 heavy (non-hydrogen) atoms. The molecule has 5 nitrogen and oxygen atoms in total. The molecule has 0 aliphatic heterocycles. The lowest BCUT2D eigenvalue weighted by Crippen LogP contribution is -2.06. The molecule has 0 bridgehead atoms. The van der Waals surface area contributed by atoms with Crippen molar-refractivity contribution in [2.24, 2.45) is 0 Å². The Bertz CT molecular complexity index is 804. The molecule has 0 radical (unpaired) electrons. The Morgan fingerprint density at radius 3 is 2.64 bits per heavy atom. The van der Waals surface area contributed by atoms with Gasteiger partial charge in [0, 0.05) is 36.3 Å². The monoisotopic (exact) mass is 334 g/mol. The van der Waals surface area contributed by atoms with Gasteiger partial charge in [0.2, 0.25) is 0 Å². The van der Waals surface area contributed by atoms with Crippen molar-refractivity contribution in [3.05, 3.63) is 66.1 Å². The van der Waals surface area contributed by atoms with Crippen LogP contribution in [0.1, 0.15) is 17.7 Å². The first kappa shape index (κ1) is 16.9. The number of nitrogens with one attached hydrogen (secondary N) is 1. The van der Waals surface area contributed by atoms with Crippen LogP contribution in [0.5, 0.6) is 5.75 Å². The molecule has 3 rings (SSSR count). The van der Waals surface area contributed by atoms with Gasteiger partial charge in [0.25, 0.3) is 0 Å². The zero-order chi connectivity index (χ0) is 17.5. The van der Waals surface area contributed by atoms with E-state index in [0.29, 0.717) is 5.82 Å². The van der Waals surface area contributed by atoms with E-state index >= 15 is 0 Å². The number of anilines is 1. The van der Waals surface area contributed by atoms with Crippen LogP contribution in [0.2, 0.25) is 0 Å². The summed E-state index contributed by atoms with van der Waals surface area (Å²) in [4.78, 5) is 13.2. The summed E-state index contributed by atoms with van der Waals surface area (Å²) in [6.07, 6.45) is 5.56. The van der Waals surface area contributed by atoms with Crippen LogP contribution >= 0.6 is 0 Å². The average Bonchev–Trinajstić information content (AvgIpc) is 2.66. The molecular formula is C20H22N4O. The van der Waals surface area contributed by atoms with Crippen molar-refractivity contribution in [2.75, 3.05) is 19.0 Å². The fourth-order valence-electron chi connectivity index (χ4n) is 2.58. The maximum Gasteiger partial charge on any atom is 0.163 e. The maximum absolute atomic E-state index is 5.18. The van der Waals surface area contributed by atoms with E-state index in [9.17, 15) is 0 Å². The Morgan fingerprint density at radius 2 is 1.92 bits per heavy atom. The fourth-order valence-corrected chi connectivity index (χ4v) is 2.58. The topological polar surface area (TPSA) is 59.9 Å². The summed E-state index contributed by atoms with van der Waals surface area (Å²) in [5.74, 6) is 2.44. The molecule has 2 heterocycles. The summed E-state index contributed by atoms with van der Waals surface area (Å²) < 4.78 is 5.18. The summed E-state index contributed by atoms with van der Waals surface area (Å²) in [5.41, 5.74) is 3.16. The van der Waals surface area contributed by atoms with E-state index in [2.05, 4.69) is 32.4 Å². The number of hydrogen-bond donors (Lipinski definition) is 1. The lowest BCUT2D eigenvalue weighted by atomic mass is 10.1. The molecule has 3 aromatic rings. The number of rotatable bonds is 7. The Kier molecular flexibility index (Phi) is 5.57. The summed E-state index contributed by atoms with van der Waals surface area (Å²) in [6, 6.07) is 14.0. The number of nitrogens with zero attached hydrogens (tertiary/aromatic N) is 3. The molecule has 5 heteroatoms. The number of hydrogen-bond acceptors (Lipinski definition) is 5. The van der Waals surface area contributed by atoms with E-state index < -0.39 is 0 Å². The largest absolute Gasteiger partial charge is 0.497 e. The first-order valence-electron chi connectivity index (χ1n) is 8.37. The molecule has 0 amide bonds. The molecule has 2 aromatic heterocycles. The van der Waals surface area contributed by atoms with Crippen molar-refractivity contribution in [1.29, 1.82) is 0 Å². The molecule has 0 aliphatic rings. The minimum Gasteiger partial charge on any atom is -0.497 e. The normalized spacial score (nSPS) is 10.5. The Morgan fingerprint density at radius 1 is 1.08 bits per heavy atom. The predicted molar refractivity (Wildman–Crippen MR) is 99.8 cm³/mol. The quantitative estimate of drug-likeness (QED) is 0.664. The van der Waals surface area contributed by atoms with Crippen LogP contribution in [-0.4, -0.2) is 28.6 Å². The maximum atomic E-state index is 5.18. The van der Waals surface area contributed by atoms with Crippen LogP contribution < -0.4 is 10.1 Å². The van der Waals surface area contributed by atoms with Crippen LogP contribution in [0.25, 0.3) is 11.4 Å². The van der Waals surface area contributed by atoms with Crippen LogP contribution in [0.3, 0.4) is 0 Å². The molecule has 128 valence electrons. The van der Waals surface area contributed by atoms with Gasteiger partial charge in [-0.25, -0.2) is 9.97 Å². The van der Waals surface area contributed by atoms with Gasteiger partial charge in [-0.05, 0) is 49.6 Å². The van der Waals surface area contributed by atoms with Crippen molar-refractivity contribution in [3.8, 4) is 17.1 Å². The second-order valence-electron chi connectivity index (χ2n) is 5.84. The fraction of sp³-hybridized carbons (Fsp3) is 0.250. The third-order valence-electron chi connectivity index (χ3n) is 3.88. The first-order chi connectivity index (χ1) is 12.2.